The van der Waals surface area contributed by atoms with Crippen molar-refractivity contribution < 1.29 is 9.53 Å². The number of piperidine rings is 1. The molecule has 1 saturated heterocycles. The summed E-state index contributed by atoms with van der Waals surface area (Å²) in [6.07, 6.45) is 2.58. The topological polar surface area (TPSA) is 106 Å². The molecule has 1 aromatic rings. The lowest BCUT2D eigenvalue weighted by atomic mass is 9.98. The number of primary amides is 1. The van der Waals surface area contributed by atoms with Crippen molar-refractivity contribution in [1.29, 1.82) is 0 Å². The molecular weight excluding hydrogens is 272 g/mol. The van der Waals surface area contributed by atoms with Crippen molar-refractivity contribution in [2.45, 2.75) is 26.2 Å². The summed E-state index contributed by atoms with van der Waals surface area (Å²) >= 11 is 0. The summed E-state index contributed by atoms with van der Waals surface area (Å²) in [7, 11) is 1.74. The summed E-state index contributed by atoms with van der Waals surface area (Å²) in [5.74, 6) is 0.539. The predicted molar refractivity (Wildman–Crippen MR) is 79.3 cm³/mol. The highest BCUT2D eigenvalue weighted by atomic mass is 16.5. The number of amides is 1. The Hall–Kier alpha value is -2.12. The van der Waals surface area contributed by atoms with E-state index in [1.165, 1.54) is 0 Å². The van der Waals surface area contributed by atoms with Gasteiger partial charge in [-0.05, 0) is 19.3 Å². The number of nitrogens with one attached hydrogen (secondary N) is 1. The third-order valence-electron chi connectivity index (χ3n) is 3.37. The maximum atomic E-state index is 11.4. The molecule has 2 heterocycles. The number of carbonyl (C=O) groups excluding carboxylic acids is 1. The van der Waals surface area contributed by atoms with Crippen LogP contribution in [0.2, 0.25) is 0 Å². The van der Waals surface area contributed by atoms with Crippen molar-refractivity contribution in [2.24, 2.45) is 11.7 Å². The SMILES string of the molecule is CCCOc1nc(NC)nc(N2CCCC(C(N)=O)C2)n1. The van der Waals surface area contributed by atoms with Crippen molar-refractivity contribution in [1.82, 2.24) is 15.0 Å². The molecule has 3 N–H and O–H groups in total. The van der Waals surface area contributed by atoms with E-state index in [4.69, 9.17) is 10.5 Å². The van der Waals surface area contributed by atoms with Gasteiger partial charge < -0.3 is 20.7 Å². The summed E-state index contributed by atoms with van der Waals surface area (Å²) in [5, 5.41) is 2.90. The summed E-state index contributed by atoms with van der Waals surface area (Å²) in [4.78, 5) is 26.2. The molecule has 0 spiro atoms. The number of hydrogen-bond acceptors (Lipinski definition) is 7. The van der Waals surface area contributed by atoms with Crippen LogP contribution in [-0.2, 0) is 4.79 Å². The first-order valence-corrected chi connectivity index (χ1v) is 7.25. The van der Waals surface area contributed by atoms with Crippen LogP contribution in [0.3, 0.4) is 0 Å². The average molecular weight is 294 g/mol. The predicted octanol–water partition coefficient (Wildman–Crippen LogP) is 0.404. The van der Waals surface area contributed by atoms with Gasteiger partial charge in [0.25, 0.3) is 0 Å². The van der Waals surface area contributed by atoms with Crippen LogP contribution in [0.25, 0.3) is 0 Å². The first-order valence-electron chi connectivity index (χ1n) is 7.25. The highest BCUT2D eigenvalue weighted by Gasteiger charge is 2.26. The number of carbonyl (C=O) groups is 1. The highest BCUT2D eigenvalue weighted by molar-refractivity contribution is 5.77. The van der Waals surface area contributed by atoms with Gasteiger partial charge in [-0.1, -0.05) is 6.92 Å². The van der Waals surface area contributed by atoms with E-state index in [2.05, 4.69) is 20.3 Å². The van der Waals surface area contributed by atoms with E-state index < -0.39 is 0 Å². The van der Waals surface area contributed by atoms with Crippen molar-refractivity contribution in [3.05, 3.63) is 0 Å². The van der Waals surface area contributed by atoms with Gasteiger partial charge in [-0.15, -0.1) is 0 Å². The molecule has 1 amide bonds. The van der Waals surface area contributed by atoms with Gasteiger partial charge in [0.1, 0.15) is 0 Å². The van der Waals surface area contributed by atoms with Gasteiger partial charge >= 0.3 is 6.01 Å². The Labute approximate surface area is 124 Å². The Kier molecular flexibility index (Phi) is 5.13. The van der Waals surface area contributed by atoms with Crippen LogP contribution in [0.15, 0.2) is 0 Å². The Morgan fingerprint density at radius 2 is 2.29 bits per heavy atom. The van der Waals surface area contributed by atoms with Crippen molar-refractivity contribution in [3.63, 3.8) is 0 Å². The highest BCUT2D eigenvalue weighted by Crippen LogP contribution is 2.22. The molecule has 21 heavy (non-hydrogen) atoms. The molecule has 1 aliphatic heterocycles. The lowest BCUT2D eigenvalue weighted by Crippen LogP contribution is -2.42. The Bertz CT molecular complexity index is 496. The first-order chi connectivity index (χ1) is 10.1. The minimum absolute atomic E-state index is 0.159. The monoisotopic (exact) mass is 294 g/mol. The summed E-state index contributed by atoms with van der Waals surface area (Å²) < 4.78 is 5.48. The van der Waals surface area contributed by atoms with Gasteiger partial charge in [0, 0.05) is 20.1 Å². The van der Waals surface area contributed by atoms with Gasteiger partial charge in [0.2, 0.25) is 17.8 Å². The van der Waals surface area contributed by atoms with E-state index in [-0.39, 0.29) is 11.8 Å². The van der Waals surface area contributed by atoms with E-state index in [0.717, 1.165) is 25.8 Å². The van der Waals surface area contributed by atoms with Crippen LogP contribution in [0.1, 0.15) is 26.2 Å². The quantitative estimate of drug-likeness (QED) is 0.782. The second kappa shape index (κ2) is 7.05. The molecule has 116 valence electrons. The molecule has 1 atom stereocenters. The van der Waals surface area contributed by atoms with Gasteiger partial charge in [-0.3, -0.25) is 4.79 Å². The maximum absolute atomic E-state index is 11.4. The lowest BCUT2D eigenvalue weighted by Gasteiger charge is -2.31. The van der Waals surface area contributed by atoms with Gasteiger partial charge in [0.15, 0.2) is 0 Å². The third kappa shape index (κ3) is 3.93. The number of nitrogens with two attached hydrogens (primary N) is 1. The van der Waals surface area contributed by atoms with Crippen molar-refractivity contribution in [2.75, 3.05) is 37.0 Å². The molecule has 2 rings (SSSR count). The minimum Gasteiger partial charge on any atom is -0.463 e. The molecule has 0 aromatic carbocycles. The van der Waals surface area contributed by atoms with Gasteiger partial charge in [-0.25, -0.2) is 0 Å². The van der Waals surface area contributed by atoms with E-state index in [1.807, 2.05) is 11.8 Å². The van der Waals surface area contributed by atoms with Gasteiger partial charge in [0.05, 0.1) is 12.5 Å². The first kappa shape index (κ1) is 15.3. The van der Waals surface area contributed by atoms with Crippen LogP contribution >= 0.6 is 0 Å². The fourth-order valence-electron chi connectivity index (χ4n) is 2.25. The van der Waals surface area contributed by atoms with Crippen LogP contribution < -0.4 is 20.7 Å². The number of nitrogens with zero attached hydrogens (tertiary/aromatic N) is 4. The van der Waals surface area contributed by atoms with Crippen molar-refractivity contribution >= 4 is 17.8 Å². The lowest BCUT2D eigenvalue weighted by molar-refractivity contribution is -0.122. The molecular formula is C13H22N6O2. The molecule has 1 aromatic heterocycles. The molecule has 0 radical (unpaired) electrons. The molecule has 1 fully saturated rings. The summed E-state index contributed by atoms with van der Waals surface area (Å²) in [5.41, 5.74) is 5.40. The largest absolute Gasteiger partial charge is 0.463 e. The molecule has 1 aliphatic rings. The van der Waals surface area contributed by atoms with Crippen molar-refractivity contribution in [3.8, 4) is 6.01 Å². The Morgan fingerprint density at radius 1 is 1.48 bits per heavy atom. The van der Waals surface area contributed by atoms with E-state index in [1.54, 1.807) is 7.05 Å². The number of anilines is 2. The fourth-order valence-corrected chi connectivity index (χ4v) is 2.25. The Balaban J connectivity index is 2.18. The van der Waals surface area contributed by atoms with Crippen LogP contribution in [-0.4, -0.2) is 47.6 Å². The molecule has 8 nitrogen and oxygen atoms in total. The average Bonchev–Trinajstić information content (AvgIpc) is 2.52. The zero-order valence-electron chi connectivity index (χ0n) is 12.5. The molecule has 8 heteroatoms. The smallest absolute Gasteiger partial charge is 0.323 e. The summed E-state index contributed by atoms with van der Waals surface area (Å²) in [6, 6.07) is 0.299. The fraction of sp³-hybridized carbons (Fsp3) is 0.692. The minimum atomic E-state index is -0.273. The number of hydrogen-bond donors (Lipinski definition) is 2. The van der Waals surface area contributed by atoms with Crippen LogP contribution in [0, 0.1) is 5.92 Å². The normalized spacial score (nSPS) is 18.4. The third-order valence-corrected chi connectivity index (χ3v) is 3.37. The second-order valence-electron chi connectivity index (χ2n) is 5.03. The van der Waals surface area contributed by atoms with E-state index >= 15 is 0 Å². The maximum Gasteiger partial charge on any atom is 0.323 e. The zero-order valence-corrected chi connectivity index (χ0v) is 12.5. The number of rotatable bonds is 6. The standard InChI is InChI=1S/C13H22N6O2/c1-3-7-21-13-17-11(15-2)16-12(18-13)19-6-4-5-9(8-19)10(14)20/h9H,3-8H2,1-2H3,(H2,14,20)(H,15,16,17,18). The zero-order chi connectivity index (χ0) is 15.2. The van der Waals surface area contributed by atoms with Crippen LogP contribution in [0.5, 0.6) is 6.01 Å². The number of ether oxygens (including phenoxy) is 1. The summed E-state index contributed by atoms with van der Waals surface area (Å²) in [6.45, 7) is 3.90. The van der Waals surface area contributed by atoms with E-state index in [9.17, 15) is 4.79 Å². The second-order valence-corrected chi connectivity index (χ2v) is 5.03. The van der Waals surface area contributed by atoms with Gasteiger partial charge in [-0.2, -0.15) is 15.0 Å². The molecule has 0 bridgehead atoms. The Morgan fingerprint density at radius 3 is 2.95 bits per heavy atom. The number of aromatic nitrogens is 3. The molecule has 0 aliphatic carbocycles. The van der Waals surface area contributed by atoms with Crippen LogP contribution in [0.4, 0.5) is 11.9 Å². The molecule has 1 unspecified atom stereocenters. The van der Waals surface area contributed by atoms with E-state index in [0.29, 0.717) is 31.1 Å². The molecule has 0 saturated carbocycles.